The molecule has 0 radical (unpaired) electrons. The van der Waals surface area contributed by atoms with Crippen LogP contribution in [0.15, 0.2) is 0 Å². The molecule has 0 heterocycles. The molecule has 2 saturated carbocycles. The SMILES string of the molecule is CC(C)CCN(CC1CC(C)CCC1N)C1CC1. The molecule has 0 spiro atoms. The average molecular weight is 252 g/mol. The third-order valence-electron chi connectivity index (χ3n) is 4.83. The maximum atomic E-state index is 6.34. The second-order valence-electron chi connectivity index (χ2n) is 7.25. The number of hydrogen-bond donors (Lipinski definition) is 1. The van der Waals surface area contributed by atoms with Crippen molar-refractivity contribution in [1.29, 1.82) is 0 Å². The Kier molecular flexibility index (Phi) is 5.08. The zero-order valence-corrected chi connectivity index (χ0v) is 12.6. The van der Waals surface area contributed by atoms with E-state index in [1.165, 1.54) is 51.6 Å². The summed E-state index contributed by atoms with van der Waals surface area (Å²) in [6.45, 7) is 9.62. The van der Waals surface area contributed by atoms with Crippen molar-refractivity contribution in [3.63, 3.8) is 0 Å². The van der Waals surface area contributed by atoms with Crippen LogP contribution in [0.2, 0.25) is 0 Å². The molecule has 2 N–H and O–H groups in total. The zero-order chi connectivity index (χ0) is 13.1. The van der Waals surface area contributed by atoms with Gasteiger partial charge in [0.1, 0.15) is 0 Å². The Bertz CT molecular complexity index is 247. The van der Waals surface area contributed by atoms with Gasteiger partial charge < -0.3 is 10.6 Å². The molecule has 18 heavy (non-hydrogen) atoms. The minimum atomic E-state index is 0.460. The first-order chi connectivity index (χ1) is 8.56. The minimum Gasteiger partial charge on any atom is -0.327 e. The zero-order valence-electron chi connectivity index (χ0n) is 12.6. The van der Waals surface area contributed by atoms with Crippen molar-refractivity contribution in [2.24, 2.45) is 23.5 Å². The van der Waals surface area contributed by atoms with Crippen LogP contribution in [-0.4, -0.2) is 30.1 Å². The highest BCUT2D eigenvalue weighted by Gasteiger charge is 2.33. The van der Waals surface area contributed by atoms with Crippen molar-refractivity contribution >= 4 is 0 Å². The Hall–Kier alpha value is -0.0800. The molecule has 0 amide bonds. The van der Waals surface area contributed by atoms with E-state index in [0.29, 0.717) is 6.04 Å². The summed E-state index contributed by atoms with van der Waals surface area (Å²) in [6, 6.07) is 1.36. The predicted octanol–water partition coefficient (Wildman–Crippen LogP) is 3.26. The maximum Gasteiger partial charge on any atom is 0.00965 e. The molecule has 2 rings (SSSR count). The van der Waals surface area contributed by atoms with Crippen molar-refractivity contribution in [3.8, 4) is 0 Å². The predicted molar refractivity (Wildman–Crippen MR) is 78.5 cm³/mol. The van der Waals surface area contributed by atoms with Gasteiger partial charge in [0, 0.05) is 18.6 Å². The van der Waals surface area contributed by atoms with Gasteiger partial charge in [0.05, 0.1) is 0 Å². The lowest BCUT2D eigenvalue weighted by Gasteiger charge is -2.36. The lowest BCUT2D eigenvalue weighted by molar-refractivity contribution is 0.150. The summed E-state index contributed by atoms with van der Waals surface area (Å²) in [6.07, 6.45) is 8.13. The summed E-state index contributed by atoms with van der Waals surface area (Å²) >= 11 is 0. The molecule has 0 aliphatic heterocycles. The Morgan fingerprint density at radius 1 is 1.17 bits per heavy atom. The third kappa shape index (κ3) is 4.24. The molecule has 0 aromatic rings. The Balaban J connectivity index is 1.83. The summed E-state index contributed by atoms with van der Waals surface area (Å²) in [7, 11) is 0. The number of hydrogen-bond acceptors (Lipinski definition) is 2. The largest absolute Gasteiger partial charge is 0.327 e. The minimum absolute atomic E-state index is 0.460. The van der Waals surface area contributed by atoms with Crippen LogP contribution in [0.4, 0.5) is 0 Å². The quantitative estimate of drug-likeness (QED) is 0.786. The summed E-state index contributed by atoms with van der Waals surface area (Å²) in [4.78, 5) is 2.75. The molecule has 3 unspecified atom stereocenters. The van der Waals surface area contributed by atoms with Gasteiger partial charge in [-0.25, -0.2) is 0 Å². The summed E-state index contributed by atoms with van der Waals surface area (Å²) in [5, 5.41) is 0. The van der Waals surface area contributed by atoms with Gasteiger partial charge in [-0.2, -0.15) is 0 Å². The highest BCUT2D eigenvalue weighted by Crippen LogP contribution is 2.33. The fourth-order valence-electron chi connectivity index (χ4n) is 3.32. The Morgan fingerprint density at radius 2 is 1.89 bits per heavy atom. The van der Waals surface area contributed by atoms with Crippen LogP contribution in [0.5, 0.6) is 0 Å². The van der Waals surface area contributed by atoms with Crippen LogP contribution in [0.3, 0.4) is 0 Å². The van der Waals surface area contributed by atoms with E-state index in [1.807, 2.05) is 0 Å². The van der Waals surface area contributed by atoms with Crippen molar-refractivity contribution in [2.45, 2.75) is 71.4 Å². The first kappa shape index (κ1) is 14.3. The molecule has 0 aromatic carbocycles. The van der Waals surface area contributed by atoms with Crippen LogP contribution in [0.25, 0.3) is 0 Å². The van der Waals surface area contributed by atoms with Gasteiger partial charge in [0.2, 0.25) is 0 Å². The monoisotopic (exact) mass is 252 g/mol. The molecule has 0 aromatic heterocycles. The van der Waals surface area contributed by atoms with Gasteiger partial charge in [-0.05, 0) is 62.8 Å². The standard InChI is InChI=1S/C16H32N2/c1-12(2)8-9-18(15-5-6-15)11-14-10-13(3)4-7-16(14)17/h12-16H,4-11,17H2,1-3H3. The number of nitrogens with zero attached hydrogens (tertiary/aromatic N) is 1. The van der Waals surface area contributed by atoms with E-state index in [0.717, 1.165) is 23.8 Å². The lowest BCUT2D eigenvalue weighted by Crippen LogP contribution is -2.44. The highest BCUT2D eigenvalue weighted by molar-refractivity contribution is 4.89. The Labute approximate surface area is 113 Å². The van der Waals surface area contributed by atoms with Crippen LogP contribution >= 0.6 is 0 Å². The molecular weight excluding hydrogens is 220 g/mol. The molecule has 106 valence electrons. The highest BCUT2D eigenvalue weighted by atomic mass is 15.2. The summed E-state index contributed by atoms with van der Waals surface area (Å²) < 4.78 is 0. The van der Waals surface area contributed by atoms with E-state index in [9.17, 15) is 0 Å². The number of rotatable bonds is 6. The molecule has 2 nitrogen and oxygen atoms in total. The van der Waals surface area contributed by atoms with Crippen LogP contribution in [0.1, 0.15) is 59.3 Å². The van der Waals surface area contributed by atoms with Gasteiger partial charge in [-0.3, -0.25) is 0 Å². The van der Waals surface area contributed by atoms with Gasteiger partial charge in [-0.15, -0.1) is 0 Å². The smallest absolute Gasteiger partial charge is 0.00965 e. The van der Waals surface area contributed by atoms with E-state index in [1.54, 1.807) is 0 Å². The van der Waals surface area contributed by atoms with E-state index in [2.05, 4.69) is 25.7 Å². The van der Waals surface area contributed by atoms with Crippen molar-refractivity contribution in [1.82, 2.24) is 4.90 Å². The molecular formula is C16H32N2. The fourth-order valence-corrected chi connectivity index (χ4v) is 3.32. The topological polar surface area (TPSA) is 29.3 Å². The van der Waals surface area contributed by atoms with E-state index < -0.39 is 0 Å². The molecule has 2 aliphatic rings. The summed E-state index contributed by atoms with van der Waals surface area (Å²) in [5.74, 6) is 2.47. The molecule has 2 heteroatoms. The summed E-state index contributed by atoms with van der Waals surface area (Å²) in [5.41, 5.74) is 6.34. The first-order valence-corrected chi connectivity index (χ1v) is 8.06. The van der Waals surface area contributed by atoms with E-state index in [4.69, 9.17) is 5.73 Å². The molecule has 2 aliphatic carbocycles. The lowest BCUT2D eigenvalue weighted by atomic mass is 9.79. The molecule has 0 saturated heterocycles. The second-order valence-corrected chi connectivity index (χ2v) is 7.25. The maximum absolute atomic E-state index is 6.34. The Morgan fingerprint density at radius 3 is 2.50 bits per heavy atom. The first-order valence-electron chi connectivity index (χ1n) is 8.06. The fraction of sp³-hybridized carbons (Fsp3) is 1.00. The molecule has 2 fully saturated rings. The van der Waals surface area contributed by atoms with Crippen LogP contribution < -0.4 is 5.73 Å². The normalized spacial score (nSPS) is 33.3. The van der Waals surface area contributed by atoms with Gasteiger partial charge >= 0.3 is 0 Å². The van der Waals surface area contributed by atoms with Crippen molar-refractivity contribution in [2.75, 3.05) is 13.1 Å². The van der Waals surface area contributed by atoms with E-state index in [-0.39, 0.29) is 0 Å². The van der Waals surface area contributed by atoms with Crippen molar-refractivity contribution in [3.05, 3.63) is 0 Å². The average Bonchev–Trinajstić information content (AvgIpc) is 3.12. The van der Waals surface area contributed by atoms with Crippen LogP contribution in [-0.2, 0) is 0 Å². The molecule has 0 bridgehead atoms. The third-order valence-corrected chi connectivity index (χ3v) is 4.83. The van der Waals surface area contributed by atoms with Gasteiger partial charge in [0.15, 0.2) is 0 Å². The van der Waals surface area contributed by atoms with E-state index >= 15 is 0 Å². The van der Waals surface area contributed by atoms with Gasteiger partial charge in [0.25, 0.3) is 0 Å². The molecule has 3 atom stereocenters. The number of nitrogens with two attached hydrogens (primary N) is 1. The second kappa shape index (κ2) is 6.38. The van der Waals surface area contributed by atoms with Gasteiger partial charge in [-0.1, -0.05) is 20.8 Å². The van der Waals surface area contributed by atoms with Crippen LogP contribution in [0, 0.1) is 17.8 Å². The van der Waals surface area contributed by atoms with Crippen molar-refractivity contribution < 1.29 is 0 Å².